The topological polar surface area (TPSA) is 67.4 Å². The zero-order chi connectivity index (χ0) is 20.7. The van der Waals surface area contributed by atoms with E-state index in [4.69, 9.17) is 16.3 Å². The molecule has 0 aliphatic rings. The number of hydrogen-bond donors (Lipinski definition) is 2. The number of rotatable bonds is 8. The molecule has 2 aromatic carbocycles. The van der Waals surface area contributed by atoms with Crippen LogP contribution in [0.1, 0.15) is 50.7 Å². The van der Waals surface area contributed by atoms with E-state index in [0.29, 0.717) is 28.6 Å². The molecule has 0 saturated heterocycles. The van der Waals surface area contributed by atoms with Crippen molar-refractivity contribution in [3.05, 3.63) is 52.5 Å². The van der Waals surface area contributed by atoms with Gasteiger partial charge in [-0.3, -0.25) is 9.59 Å². The molecule has 0 atom stereocenters. The summed E-state index contributed by atoms with van der Waals surface area (Å²) in [5.41, 5.74) is 3.13. The predicted octanol–water partition coefficient (Wildman–Crippen LogP) is 5.53. The number of amides is 2. The molecule has 0 aromatic heterocycles. The van der Waals surface area contributed by atoms with Gasteiger partial charge in [0.1, 0.15) is 5.75 Å². The minimum absolute atomic E-state index is 0.0777. The Labute approximate surface area is 171 Å². The van der Waals surface area contributed by atoms with Crippen molar-refractivity contribution in [3.8, 4) is 5.75 Å². The standard InChI is InChI=1S/C22H27ClN2O3/c1-5-6-21(26)24-16-8-10-18(23)19(12-16)25-22(27)13-28-20-11-15(4)7-9-17(20)14(2)3/h7-12,14H,5-6,13H2,1-4H3,(H,24,26)(H,25,27). The molecule has 2 rings (SSSR count). The maximum atomic E-state index is 12.4. The normalized spacial score (nSPS) is 10.6. The highest BCUT2D eigenvalue weighted by molar-refractivity contribution is 6.33. The molecule has 5 nitrogen and oxygen atoms in total. The van der Waals surface area contributed by atoms with Crippen LogP contribution in [0.25, 0.3) is 0 Å². The monoisotopic (exact) mass is 402 g/mol. The van der Waals surface area contributed by atoms with Gasteiger partial charge in [0.2, 0.25) is 5.91 Å². The molecule has 0 saturated carbocycles. The summed E-state index contributed by atoms with van der Waals surface area (Å²) in [5, 5.41) is 5.92. The molecular formula is C22H27ClN2O3. The Morgan fingerprint density at radius 3 is 2.50 bits per heavy atom. The van der Waals surface area contributed by atoms with Gasteiger partial charge in [0.05, 0.1) is 10.7 Å². The van der Waals surface area contributed by atoms with E-state index in [0.717, 1.165) is 17.5 Å². The van der Waals surface area contributed by atoms with Crippen LogP contribution in [0.5, 0.6) is 5.75 Å². The first-order valence-electron chi connectivity index (χ1n) is 9.42. The second-order valence-corrected chi connectivity index (χ2v) is 7.43. The molecule has 0 bridgehead atoms. The molecule has 0 radical (unpaired) electrons. The molecular weight excluding hydrogens is 376 g/mol. The molecule has 0 spiro atoms. The van der Waals surface area contributed by atoms with Crippen LogP contribution in [0.4, 0.5) is 11.4 Å². The molecule has 28 heavy (non-hydrogen) atoms. The fourth-order valence-corrected chi connectivity index (χ4v) is 2.89. The summed E-state index contributed by atoms with van der Waals surface area (Å²) in [7, 11) is 0. The van der Waals surface area contributed by atoms with Gasteiger partial charge in [0, 0.05) is 12.1 Å². The summed E-state index contributed by atoms with van der Waals surface area (Å²) >= 11 is 6.17. The van der Waals surface area contributed by atoms with Gasteiger partial charge in [-0.25, -0.2) is 0 Å². The molecule has 0 fully saturated rings. The molecule has 2 aromatic rings. The largest absolute Gasteiger partial charge is 0.483 e. The van der Waals surface area contributed by atoms with Gasteiger partial charge in [-0.15, -0.1) is 0 Å². The van der Waals surface area contributed by atoms with E-state index in [-0.39, 0.29) is 24.3 Å². The molecule has 0 aliphatic heterocycles. The quantitative estimate of drug-likeness (QED) is 0.610. The Morgan fingerprint density at radius 1 is 1.07 bits per heavy atom. The zero-order valence-corrected chi connectivity index (χ0v) is 17.5. The Bertz CT molecular complexity index is 850. The maximum Gasteiger partial charge on any atom is 0.262 e. The summed E-state index contributed by atoms with van der Waals surface area (Å²) in [5.74, 6) is 0.592. The minimum atomic E-state index is -0.324. The van der Waals surface area contributed by atoms with E-state index in [1.165, 1.54) is 0 Å². The van der Waals surface area contributed by atoms with Gasteiger partial charge in [0.15, 0.2) is 6.61 Å². The first-order valence-corrected chi connectivity index (χ1v) is 9.80. The Kier molecular flexibility index (Phi) is 7.88. The summed E-state index contributed by atoms with van der Waals surface area (Å²) in [4.78, 5) is 24.1. The molecule has 6 heteroatoms. The van der Waals surface area contributed by atoms with Gasteiger partial charge in [-0.05, 0) is 54.7 Å². The number of anilines is 2. The van der Waals surface area contributed by atoms with Crippen molar-refractivity contribution < 1.29 is 14.3 Å². The number of benzene rings is 2. The highest BCUT2D eigenvalue weighted by Crippen LogP contribution is 2.28. The number of halogens is 1. The van der Waals surface area contributed by atoms with Crippen LogP contribution in [0, 0.1) is 6.92 Å². The van der Waals surface area contributed by atoms with E-state index < -0.39 is 0 Å². The third kappa shape index (κ3) is 6.27. The third-order valence-corrected chi connectivity index (χ3v) is 4.48. The van der Waals surface area contributed by atoms with Crippen LogP contribution in [-0.2, 0) is 9.59 Å². The van der Waals surface area contributed by atoms with Gasteiger partial charge >= 0.3 is 0 Å². The van der Waals surface area contributed by atoms with E-state index in [1.54, 1.807) is 18.2 Å². The van der Waals surface area contributed by atoms with E-state index >= 15 is 0 Å². The smallest absolute Gasteiger partial charge is 0.262 e. The van der Waals surface area contributed by atoms with E-state index in [1.807, 2.05) is 32.0 Å². The van der Waals surface area contributed by atoms with Gasteiger partial charge in [-0.1, -0.05) is 44.5 Å². The Balaban J connectivity index is 2.03. The van der Waals surface area contributed by atoms with Crippen molar-refractivity contribution in [1.82, 2.24) is 0 Å². The van der Waals surface area contributed by atoms with Crippen LogP contribution in [-0.4, -0.2) is 18.4 Å². The first-order chi connectivity index (χ1) is 13.3. The average molecular weight is 403 g/mol. The summed E-state index contributed by atoms with van der Waals surface area (Å²) in [6.45, 7) is 7.94. The number of nitrogens with one attached hydrogen (secondary N) is 2. The second-order valence-electron chi connectivity index (χ2n) is 7.03. The van der Waals surface area contributed by atoms with Gasteiger partial charge in [0.25, 0.3) is 5.91 Å². The van der Waals surface area contributed by atoms with Crippen molar-refractivity contribution in [3.63, 3.8) is 0 Å². The number of carbonyl (C=O) groups excluding carboxylic acids is 2. The highest BCUT2D eigenvalue weighted by atomic mass is 35.5. The van der Waals surface area contributed by atoms with Crippen LogP contribution in [0.3, 0.4) is 0 Å². The molecule has 2 amide bonds. The molecule has 150 valence electrons. The molecule has 0 unspecified atom stereocenters. The summed E-state index contributed by atoms with van der Waals surface area (Å²) < 4.78 is 5.76. The summed E-state index contributed by atoms with van der Waals surface area (Å²) in [6.07, 6.45) is 1.20. The van der Waals surface area contributed by atoms with E-state index in [2.05, 4.69) is 24.5 Å². The van der Waals surface area contributed by atoms with Crippen molar-refractivity contribution in [2.24, 2.45) is 0 Å². The number of carbonyl (C=O) groups is 2. The highest BCUT2D eigenvalue weighted by Gasteiger charge is 2.12. The predicted molar refractivity (Wildman–Crippen MR) is 114 cm³/mol. The van der Waals surface area contributed by atoms with Crippen LogP contribution < -0.4 is 15.4 Å². The number of ether oxygens (including phenoxy) is 1. The second kappa shape index (κ2) is 10.1. The Morgan fingerprint density at radius 2 is 1.82 bits per heavy atom. The first kappa shape index (κ1) is 21.8. The van der Waals surface area contributed by atoms with E-state index in [9.17, 15) is 9.59 Å². The SMILES string of the molecule is CCCC(=O)Nc1ccc(Cl)c(NC(=O)COc2cc(C)ccc2C(C)C)c1. The van der Waals surface area contributed by atoms with Gasteiger partial charge in [-0.2, -0.15) is 0 Å². The molecule has 2 N–H and O–H groups in total. The lowest BCUT2D eigenvalue weighted by atomic mass is 10.0. The fourth-order valence-electron chi connectivity index (χ4n) is 2.72. The summed E-state index contributed by atoms with van der Waals surface area (Å²) in [6, 6.07) is 11.0. The maximum absolute atomic E-state index is 12.4. The lowest BCUT2D eigenvalue weighted by Crippen LogP contribution is -2.21. The third-order valence-electron chi connectivity index (χ3n) is 4.15. The van der Waals surface area contributed by atoms with Crippen molar-refractivity contribution >= 4 is 34.8 Å². The molecule has 0 heterocycles. The molecule has 0 aliphatic carbocycles. The van der Waals surface area contributed by atoms with Crippen LogP contribution >= 0.6 is 11.6 Å². The lowest BCUT2D eigenvalue weighted by Gasteiger charge is -2.15. The van der Waals surface area contributed by atoms with Crippen molar-refractivity contribution in [2.45, 2.75) is 46.5 Å². The number of aryl methyl sites for hydroxylation is 1. The lowest BCUT2D eigenvalue weighted by molar-refractivity contribution is -0.118. The van der Waals surface area contributed by atoms with Crippen LogP contribution in [0.2, 0.25) is 5.02 Å². The number of hydrogen-bond acceptors (Lipinski definition) is 3. The minimum Gasteiger partial charge on any atom is -0.483 e. The fraction of sp³-hybridized carbons (Fsp3) is 0.364. The van der Waals surface area contributed by atoms with Gasteiger partial charge < -0.3 is 15.4 Å². The van der Waals surface area contributed by atoms with Crippen molar-refractivity contribution in [2.75, 3.05) is 17.2 Å². The van der Waals surface area contributed by atoms with Crippen LogP contribution in [0.15, 0.2) is 36.4 Å². The Hall–Kier alpha value is -2.53. The average Bonchev–Trinajstić information content (AvgIpc) is 2.62. The zero-order valence-electron chi connectivity index (χ0n) is 16.8. The van der Waals surface area contributed by atoms with Crippen molar-refractivity contribution in [1.29, 1.82) is 0 Å².